The number of benzene rings is 2. The number of carbonyl (C=O) groups is 2. The zero-order chi connectivity index (χ0) is 16.1. The molecule has 0 aromatic heterocycles. The number of anilines is 1. The normalized spacial score (nSPS) is 10.1. The molecule has 2 N–H and O–H groups in total. The Labute approximate surface area is 130 Å². The predicted molar refractivity (Wildman–Crippen MR) is 88.3 cm³/mol. The van der Waals surface area contributed by atoms with Gasteiger partial charge in [-0.25, -0.2) is 0 Å². The molecule has 0 atom stereocenters. The van der Waals surface area contributed by atoms with Crippen LogP contribution in [0.3, 0.4) is 0 Å². The van der Waals surface area contributed by atoms with Crippen LogP contribution in [0.25, 0.3) is 0 Å². The molecule has 0 heterocycles. The summed E-state index contributed by atoms with van der Waals surface area (Å²) in [6.45, 7) is 6.33. The molecule has 0 spiro atoms. The third-order valence-corrected chi connectivity index (χ3v) is 3.57. The number of carbonyl (C=O) groups excluding carboxylic acids is 2. The Morgan fingerprint density at radius 3 is 2.45 bits per heavy atom. The zero-order valence-corrected chi connectivity index (χ0v) is 13.1. The Kier molecular flexibility index (Phi) is 4.94. The van der Waals surface area contributed by atoms with Crippen LogP contribution in [-0.2, 0) is 0 Å². The summed E-state index contributed by atoms with van der Waals surface area (Å²) in [6, 6.07) is 12.6. The molecular formula is C18H20N2O2. The van der Waals surface area contributed by atoms with Crippen LogP contribution in [0.2, 0.25) is 0 Å². The van der Waals surface area contributed by atoms with E-state index in [0.29, 0.717) is 23.4 Å². The van der Waals surface area contributed by atoms with Gasteiger partial charge in [-0.05, 0) is 56.2 Å². The van der Waals surface area contributed by atoms with Gasteiger partial charge in [-0.15, -0.1) is 0 Å². The fourth-order valence-corrected chi connectivity index (χ4v) is 2.20. The van der Waals surface area contributed by atoms with Crippen LogP contribution in [0.5, 0.6) is 0 Å². The van der Waals surface area contributed by atoms with Crippen LogP contribution in [0.15, 0.2) is 42.5 Å². The number of amides is 2. The number of rotatable bonds is 4. The molecule has 4 nitrogen and oxygen atoms in total. The maximum atomic E-state index is 12.4. The van der Waals surface area contributed by atoms with Crippen LogP contribution >= 0.6 is 0 Å². The average Bonchev–Trinajstić information content (AvgIpc) is 2.50. The second-order valence-electron chi connectivity index (χ2n) is 5.14. The highest BCUT2D eigenvalue weighted by atomic mass is 16.2. The van der Waals surface area contributed by atoms with Crippen molar-refractivity contribution in [1.82, 2.24) is 5.32 Å². The minimum atomic E-state index is -0.172. The van der Waals surface area contributed by atoms with Gasteiger partial charge in [0.2, 0.25) is 0 Å². The topological polar surface area (TPSA) is 58.2 Å². The van der Waals surface area contributed by atoms with Crippen molar-refractivity contribution in [3.63, 3.8) is 0 Å². The predicted octanol–water partition coefficient (Wildman–Crippen LogP) is 3.31. The molecule has 0 saturated heterocycles. The van der Waals surface area contributed by atoms with E-state index in [1.165, 1.54) is 0 Å². The summed E-state index contributed by atoms with van der Waals surface area (Å²) < 4.78 is 0. The minimum Gasteiger partial charge on any atom is -0.352 e. The van der Waals surface area contributed by atoms with Crippen molar-refractivity contribution in [1.29, 1.82) is 0 Å². The number of hydrogen-bond donors (Lipinski definition) is 2. The third kappa shape index (κ3) is 3.52. The smallest absolute Gasteiger partial charge is 0.255 e. The monoisotopic (exact) mass is 296 g/mol. The molecule has 2 aromatic rings. The first-order valence-electron chi connectivity index (χ1n) is 7.28. The Hall–Kier alpha value is -2.62. The van der Waals surface area contributed by atoms with Gasteiger partial charge in [-0.3, -0.25) is 9.59 Å². The maximum Gasteiger partial charge on any atom is 0.255 e. The molecule has 114 valence electrons. The van der Waals surface area contributed by atoms with Gasteiger partial charge in [0.15, 0.2) is 0 Å². The van der Waals surface area contributed by atoms with E-state index in [1.54, 1.807) is 30.3 Å². The lowest BCUT2D eigenvalue weighted by atomic mass is 10.0. The van der Waals surface area contributed by atoms with Crippen LogP contribution in [-0.4, -0.2) is 18.4 Å². The molecule has 2 rings (SSSR count). The fourth-order valence-electron chi connectivity index (χ4n) is 2.20. The standard InChI is InChI=1S/C18H20N2O2/c1-4-19-17(21)14-8-6-9-15(11-14)20-18(22)16-10-5-7-12(2)13(16)3/h5-11H,4H2,1-3H3,(H,19,21)(H,20,22). The van der Waals surface area contributed by atoms with Gasteiger partial charge < -0.3 is 10.6 Å². The van der Waals surface area contributed by atoms with Gasteiger partial charge in [0, 0.05) is 23.4 Å². The van der Waals surface area contributed by atoms with Crippen LogP contribution in [0.1, 0.15) is 38.8 Å². The van der Waals surface area contributed by atoms with Crippen molar-refractivity contribution in [2.75, 3.05) is 11.9 Å². The van der Waals surface area contributed by atoms with E-state index in [0.717, 1.165) is 11.1 Å². The second kappa shape index (κ2) is 6.89. The van der Waals surface area contributed by atoms with Gasteiger partial charge in [0.05, 0.1) is 0 Å². The SMILES string of the molecule is CCNC(=O)c1cccc(NC(=O)c2cccc(C)c2C)c1. The summed E-state index contributed by atoms with van der Waals surface area (Å²) in [5.74, 6) is -0.320. The van der Waals surface area contributed by atoms with Crippen molar-refractivity contribution in [3.8, 4) is 0 Å². The van der Waals surface area contributed by atoms with Crippen molar-refractivity contribution in [2.45, 2.75) is 20.8 Å². The minimum absolute atomic E-state index is 0.148. The molecule has 0 radical (unpaired) electrons. The van der Waals surface area contributed by atoms with Crippen molar-refractivity contribution < 1.29 is 9.59 Å². The summed E-state index contributed by atoms with van der Waals surface area (Å²) in [4.78, 5) is 24.2. The molecular weight excluding hydrogens is 276 g/mol. The summed E-state index contributed by atoms with van der Waals surface area (Å²) in [7, 11) is 0. The van der Waals surface area contributed by atoms with Crippen molar-refractivity contribution in [3.05, 3.63) is 64.7 Å². The van der Waals surface area contributed by atoms with Crippen LogP contribution in [0, 0.1) is 13.8 Å². The number of hydrogen-bond acceptors (Lipinski definition) is 2. The molecule has 2 aromatic carbocycles. The Morgan fingerprint density at radius 1 is 1.00 bits per heavy atom. The van der Waals surface area contributed by atoms with E-state index in [2.05, 4.69) is 10.6 Å². The van der Waals surface area contributed by atoms with Gasteiger partial charge in [-0.2, -0.15) is 0 Å². The number of nitrogens with one attached hydrogen (secondary N) is 2. The quantitative estimate of drug-likeness (QED) is 0.909. The molecule has 0 bridgehead atoms. The largest absolute Gasteiger partial charge is 0.352 e. The second-order valence-corrected chi connectivity index (χ2v) is 5.14. The average molecular weight is 296 g/mol. The molecule has 0 fully saturated rings. The lowest BCUT2D eigenvalue weighted by molar-refractivity contribution is 0.0954. The maximum absolute atomic E-state index is 12.4. The van der Waals surface area contributed by atoms with E-state index in [9.17, 15) is 9.59 Å². The Morgan fingerprint density at radius 2 is 1.73 bits per heavy atom. The summed E-state index contributed by atoms with van der Waals surface area (Å²) >= 11 is 0. The molecule has 2 amide bonds. The molecule has 0 saturated carbocycles. The molecule has 0 aliphatic carbocycles. The van der Waals surface area contributed by atoms with Crippen LogP contribution in [0.4, 0.5) is 5.69 Å². The Bertz CT molecular complexity index is 708. The van der Waals surface area contributed by atoms with Crippen molar-refractivity contribution >= 4 is 17.5 Å². The van der Waals surface area contributed by atoms with E-state index in [4.69, 9.17) is 0 Å². The molecule has 0 aliphatic heterocycles. The van der Waals surface area contributed by atoms with Gasteiger partial charge in [0.1, 0.15) is 0 Å². The van der Waals surface area contributed by atoms with E-state index in [1.807, 2.05) is 32.9 Å². The van der Waals surface area contributed by atoms with Crippen molar-refractivity contribution in [2.24, 2.45) is 0 Å². The van der Waals surface area contributed by atoms with E-state index < -0.39 is 0 Å². The molecule has 0 aliphatic rings. The van der Waals surface area contributed by atoms with Gasteiger partial charge in [0.25, 0.3) is 11.8 Å². The van der Waals surface area contributed by atoms with E-state index >= 15 is 0 Å². The van der Waals surface area contributed by atoms with Gasteiger partial charge >= 0.3 is 0 Å². The Balaban J connectivity index is 2.20. The van der Waals surface area contributed by atoms with Gasteiger partial charge in [-0.1, -0.05) is 18.2 Å². The summed E-state index contributed by atoms with van der Waals surface area (Å²) in [5.41, 5.74) is 3.81. The first-order valence-corrected chi connectivity index (χ1v) is 7.28. The molecule has 0 unspecified atom stereocenters. The summed E-state index contributed by atoms with van der Waals surface area (Å²) in [5, 5.41) is 5.58. The zero-order valence-electron chi connectivity index (χ0n) is 13.1. The third-order valence-electron chi connectivity index (χ3n) is 3.57. The number of aryl methyl sites for hydroxylation is 1. The molecule has 22 heavy (non-hydrogen) atoms. The lowest BCUT2D eigenvalue weighted by Crippen LogP contribution is -2.22. The fraction of sp³-hybridized carbons (Fsp3) is 0.222. The highest BCUT2D eigenvalue weighted by Gasteiger charge is 2.11. The highest BCUT2D eigenvalue weighted by Crippen LogP contribution is 2.16. The van der Waals surface area contributed by atoms with E-state index in [-0.39, 0.29) is 11.8 Å². The summed E-state index contributed by atoms with van der Waals surface area (Å²) in [6.07, 6.45) is 0. The highest BCUT2D eigenvalue weighted by molar-refractivity contribution is 6.06. The first kappa shape index (κ1) is 15.8. The molecule has 4 heteroatoms. The first-order chi connectivity index (χ1) is 10.5. The lowest BCUT2D eigenvalue weighted by Gasteiger charge is -2.10. The van der Waals surface area contributed by atoms with Crippen LogP contribution < -0.4 is 10.6 Å².